The number of carbonyl (C=O) groups is 1. The van der Waals surface area contributed by atoms with Crippen LogP contribution in [0.5, 0.6) is 0 Å². The lowest BCUT2D eigenvalue weighted by molar-refractivity contribution is -0.124. The Morgan fingerprint density at radius 3 is 2.64 bits per heavy atom. The van der Waals surface area contributed by atoms with Crippen LogP contribution in [0.25, 0.3) is 0 Å². The van der Waals surface area contributed by atoms with Gasteiger partial charge in [0.05, 0.1) is 0 Å². The van der Waals surface area contributed by atoms with Crippen LogP contribution in [0.1, 0.15) is 32.1 Å². The lowest BCUT2D eigenvalue weighted by Gasteiger charge is -2.45. The fraction of sp³-hybridized carbons (Fsp3) is 0.667. The summed E-state index contributed by atoms with van der Waals surface area (Å²) in [5, 5.41) is 3.09. The molecule has 2 atom stereocenters. The molecule has 0 radical (unpaired) electrons. The van der Waals surface area contributed by atoms with Crippen LogP contribution in [-0.2, 0) is 11.3 Å². The van der Waals surface area contributed by atoms with Gasteiger partial charge in [-0.15, -0.1) is 0 Å². The Kier molecular flexibility index (Phi) is 4.15. The maximum atomic E-state index is 12.2. The number of hydrogen-bond acceptors (Lipinski definition) is 4. The monoisotopic (exact) mass is 306 g/mol. The second-order valence-electron chi connectivity index (χ2n) is 6.51. The van der Waals surface area contributed by atoms with Crippen LogP contribution >= 0.6 is 0 Å². The second-order valence-corrected chi connectivity index (χ2v) is 6.51. The molecule has 0 spiro atoms. The number of carbonyl (C=O) groups excluding carboxylic acids is 1. The first-order valence-corrected chi connectivity index (χ1v) is 7.87. The minimum atomic E-state index is -0.562. The Morgan fingerprint density at radius 1 is 1.32 bits per heavy atom. The third-order valence-electron chi connectivity index (χ3n) is 4.92. The van der Waals surface area contributed by atoms with E-state index >= 15 is 0 Å². The molecule has 1 amide bonds. The zero-order chi connectivity index (χ0) is 15.7. The fourth-order valence-corrected chi connectivity index (χ4v) is 3.98. The minimum Gasteiger partial charge on any atom is -0.351 e. The number of rotatable bonds is 3. The number of fused-ring (bicyclic) bond motifs is 2. The zero-order valence-corrected chi connectivity index (χ0v) is 12.5. The van der Waals surface area contributed by atoms with Gasteiger partial charge in [0.2, 0.25) is 5.91 Å². The van der Waals surface area contributed by atoms with E-state index in [2.05, 4.69) is 10.3 Å². The first kappa shape index (κ1) is 15.0. The van der Waals surface area contributed by atoms with Crippen molar-refractivity contribution in [2.24, 2.45) is 17.6 Å². The summed E-state index contributed by atoms with van der Waals surface area (Å²) in [5.41, 5.74) is 5.06. The van der Waals surface area contributed by atoms with Gasteiger partial charge < -0.3 is 11.1 Å². The van der Waals surface area contributed by atoms with Crippen LogP contribution in [-0.4, -0.2) is 27.5 Å². The van der Waals surface area contributed by atoms with Crippen molar-refractivity contribution >= 4 is 5.91 Å². The van der Waals surface area contributed by atoms with E-state index in [9.17, 15) is 14.4 Å². The van der Waals surface area contributed by atoms with Crippen molar-refractivity contribution in [1.29, 1.82) is 0 Å². The molecule has 4 N–H and O–H groups in total. The van der Waals surface area contributed by atoms with Crippen LogP contribution in [0.15, 0.2) is 21.9 Å². The first-order chi connectivity index (χ1) is 10.5. The van der Waals surface area contributed by atoms with Crippen molar-refractivity contribution in [1.82, 2.24) is 14.9 Å². The predicted octanol–water partition coefficient (Wildman–Crippen LogP) is -0.441. The summed E-state index contributed by atoms with van der Waals surface area (Å²) in [4.78, 5) is 37.0. The zero-order valence-electron chi connectivity index (χ0n) is 12.5. The molecule has 7 heteroatoms. The highest BCUT2D eigenvalue weighted by Crippen LogP contribution is 2.39. The van der Waals surface area contributed by atoms with Crippen molar-refractivity contribution < 1.29 is 4.79 Å². The van der Waals surface area contributed by atoms with Crippen LogP contribution < -0.4 is 22.3 Å². The number of nitrogens with zero attached hydrogens (tertiary/aromatic N) is 1. The molecule has 7 nitrogen and oxygen atoms in total. The van der Waals surface area contributed by atoms with Crippen LogP contribution in [0.2, 0.25) is 0 Å². The molecule has 1 heterocycles. The quantitative estimate of drug-likeness (QED) is 0.703. The lowest BCUT2D eigenvalue weighted by atomic mass is 9.67. The first-order valence-electron chi connectivity index (χ1n) is 7.87. The molecule has 2 fully saturated rings. The summed E-state index contributed by atoms with van der Waals surface area (Å²) in [6.07, 6.45) is 6.67. The number of H-pyrrole nitrogens is 1. The van der Waals surface area contributed by atoms with Gasteiger partial charge in [0, 0.05) is 24.3 Å². The third kappa shape index (κ3) is 3.14. The molecule has 120 valence electrons. The van der Waals surface area contributed by atoms with Gasteiger partial charge in [0.15, 0.2) is 0 Å². The number of aromatic nitrogens is 2. The molecule has 1 aromatic rings. The largest absolute Gasteiger partial charge is 0.351 e. The van der Waals surface area contributed by atoms with E-state index in [4.69, 9.17) is 5.73 Å². The Balaban J connectivity index is 1.66. The molecule has 3 rings (SSSR count). The number of amides is 1. The molecule has 22 heavy (non-hydrogen) atoms. The van der Waals surface area contributed by atoms with E-state index < -0.39 is 11.2 Å². The summed E-state index contributed by atoms with van der Waals surface area (Å²) in [6, 6.07) is 1.65. The van der Waals surface area contributed by atoms with Gasteiger partial charge in [-0.1, -0.05) is 6.42 Å². The van der Waals surface area contributed by atoms with E-state index in [1.54, 1.807) is 0 Å². The summed E-state index contributed by atoms with van der Waals surface area (Å²) in [6.45, 7) is -0.0718. The summed E-state index contributed by atoms with van der Waals surface area (Å²) >= 11 is 0. The smallest absolute Gasteiger partial charge is 0.328 e. The molecule has 0 saturated heterocycles. The molecule has 1 aromatic heterocycles. The Bertz CT molecular complexity index is 651. The molecular weight excluding hydrogens is 284 g/mol. The molecule has 0 aliphatic heterocycles. The van der Waals surface area contributed by atoms with Gasteiger partial charge in [-0.3, -0.25) is 19.1 Å². The van der Waals surface area contributed by atoms with Gasteiger partial charge >= 0.3 is 5.69 Å². The summed E-state index contributed by atoms with van der Waals surface area (Å²) in [7, 11) is 0. The maximum absolute atomic E-state index is 12.2. The number of aromatic amines is 1. The van der Waals surface area contributed by atoms with Crippen molar-refractivity contribution in [2.45, 2.75) is 50.7 Å². The number of hydrogen-bond donors (Lipinski definition) is 3. The fourth-order valence-electron chi connectivity index (χ4n) is 3.98. The van der Waals surface area contributed by atoms with Gasteiger partial charge in [0.1, 0.15) is 6.54 Å². The van der Waals surface area contributed by atoms with E-state index in [0.29, 0.717) is 11.8 Å². The third-order valence-corrected chi connectivity index (χ3v) is 4.92. The van der Waals surface area contributed by atoms with Crippen LogP contribution in [0.3, 0.4) is 0 Å². The van der Waals surface area contributed by atoms with Crippen molar-refractivity contribution in [3.05, 3.63) is 33.1 Å². The van der Waals surface area contributed by atoms with Crippen LogP contribution in [0.4, 0.5) is 0 Å². The van der Waals surface area contributed by atoms with E-state index in [0.717, 1.165) is 25.7 Å². The molecule has 2 aliphatic carbocycles. The predicted molar refractivity (Wildman–Crippen MR) is 81.3 cm³/mol. The highest BCUT2D eigenvalue weighted by atomic mass is 16.2. The van der Waals surface area contributed by atoms with E-state index in [1.807, 2.05) is 0 Å². The van der Waals surface area contributed by atoms with E-state index in [-0.39, 0.29) is 24.5 Å². The summed E-state index contributed by atoms with van der Waals surface area (Å²) < 4.78 is 1.21. The SMILES string of the molecule is NC1CC2CCCC(C1)C2NC(=O)Cn1ccc(=O)[nH]c1=O. The molecule has 2 bridgehead atoms. The van der Waals surface area contributed by atoms with E-state index in [1.165, 1.54) is 23.3 Å². The molecule has 2 unspecified atom stereocenters. The topological polar surface area (TPSA) is 110 Å². The normalized spacial score (nSPS) is 30.8. The Labute approximate surface area is 127 Å². The average Bonchev–Trinajstić information content (AvgIpc) is 2.43. The summed E-state index contributed by atoms with van der Waals surface area (Å²) in [5.74, 6) is 0.698. The lowest BCUT2D eigenvalue weighted by Crippen LogP contribution is -2.54. The van der Waals surface area contributed by atoms with Crippen LogP contribution in [0, 0.1) is 11.8 Å². The number of nitrogens with two attached hydrogens (primary N) is 1. The van der Waals surface area contributed by atoms with Crippen molar-refractivity contribution in [2.75, 3.05) is 0 Å². The average molecular weight is 306 g/mol. The molecule has 2 aliphatic rings. The van der Waals surface area contributed by atoms with Gasteiger partial charge in [-0.25, -0.2) is 4.79 Å². The maximum Gasteiger partial charge on any atom is 0.328 e. The highest BCUT2D eigenvalue weighted by molar-refractivity contribution is 5.76. The van der Waals surface area contributed by atoms with Gasteiger partial charge in [-0.05, 0) is 37.5 Å². The molecule has 0 aromatic carbocycles. The minimum absolute atomic E-state index is 0.0718. The van der Waals surface area contributed by atoms with Gasteiger partial charge in [0.25, 0.3) is 5.56 Å². The second kappa shape index (κ2) is 6.08. The Hall–Kier alpha value is -1.89. The number of nitrogens with one attached hydrogen (secondary N) is 2. The molecular formula is C15H22N4O3. The highest BCUT2D eigenvalue weighted by Gasteiger charge is 2.39. The van der Waals surface area contributed by atoms with Crippen molar-refractivity contribution in [3.63, 3.8) is 0 Å². The van der Waals surface area contributed by atoms with Crippen molar-refractivity contribution in [3.8, 4) is 0 Å². The standard InChI is InChI=1S/C15H22N4O3/c16-11-6-9-2-1-3-10(7-11)14(9)17-13(21)8-19-5-4-12(20)18-15(19)22/h4-5,9-11,14H,1-3,6-8,16H2,(H,17,21)(H,18,20,22). The molecule has 2 saturated carbocycles. The van der Waals surface area contributed by atoms with Gasteiger partial charge in [-0.2, -0.15) is 0 Å². The Morgan fingerprint density at radius 2 is 2.00 bits per heavy atom.